The number of hydrogen-bond donors (Lipinski definition) is 2. The van der Waals surface area contributed by atoms with Crippen LogP contribution in [-0.2, 0) is 0 Å². The van der Waals surface area contributed by atoms with Crippen LogP contribution in [0, 0.1) is 0 Å². The SMILES string of the molecule is CC1=CCCC=C1C(N)N. The zero-order chi connectivity index (χ0) is 7.56. The largest absolute Gasteiger partial charge is 0.312 e. The van der Waals surface area contributed by atoms with Crippen LogP contribution in [0.3, 0.4) is 0 Å². The highest BCUT2D eigenvalue weighted by atomic mass is 14.9. The highest BCUT2D eigenvalue weighted by Gasteiger charge is 2.07. The Hall–Kier alpha value is -0.600. The summed E-state index contributed by atoms with van der Waals surface area (Å²) in [6, 6.07) is 0. The van der Waals surface area contributed by atoms with Crippen molar-refractivity contribution in [3.63, 3.8) is 0 Å². The molecule has 0 aliphatic heterocycles. The molecule has 0 heterocycles. The summed E-state index contributed by atoms with van der Waals surface area (Å²) in [7, 11) is 0. The lowest BCUT2D eigenvalue weighted by Gasteiger charge is -2.15. The van der Waals surface area contributed by atoms with Crippen molar-refractivity contribution in [1.29, 1.82) is 0 Å². The molecule has 2 nitrogen and oxygen atoms in total. The van der Waals surface area contributed by atoms with Gasteiger partial charge in [-0.15, -0.1) is 0 Å². The van der Waals surface area contributed by atoms with Gasteiger partial charge in [-0.1, -0.05) is 12.2 Å². The minimum absolute atomic E-state index is 0.295. The number of rotatable bonds is 1. The van der Waals surface area contributed by atoms with Gasteiger partial charge in [0, 0.05) is 0 Å². The predicted molar refractivity (Wildman–Crippen MR) is 43.2 cm³/mol. The highest BCUT2D eigenvalue weighted by Crippen LogP contribution is 2.17. The van der Waals surface area contributed by atoms with Gasteiger partial charge in [-0.05, 0) is 30.9 Å². The standard InChI is InChI=1S/C8H14N2/c1-6-4-2-3-5-7(6)8(9)10/h4-5,8H,2-3,9-10H2,1H3. The fourth-order valence-corrected chi connectivity index (χ4v) is 1.22. The lowest BCUT2D eigenvalue weighted by Crippen LogP contribution is -2.33. The topological polar surface area (TPSA) is 52.0 Å². The van der Waals surface area contributed by atoms with E-state index in [4.69, 9.17) is 11.5 Å². The Bertz CT molecular complexity index is 178. The number of allylic oxidation sites excluding steroid dienone is 2. The van der Waals surface area contributed by atoms with Crippen LogP contribution >= 0.6 is 0 Å². The molecule has 0 unspecified atom stereocenters. The molecule has 0 saturated carbocycles. The first-order chi connectivity index (χ1) is 4.72. The highest BCUT2D eigenvalue weighted by molar-refractivity contribution is 5.34. The van der Waals surface area contributed by atoms with Crippen molar-refractivity contribution in [3.8, 4) is 0 Å². The molecule has 1 rings (SSSR count). The Balaban J connectivity index is 2.74. The van der Waals surface area contributed by atoms with E-state index in [9.17, 15) is 0 Å². The van der Waals surface area contributed by atoms with E-state index in [1.807, 2.05) is 0 Å². The molecule has 0 fully saturated rings. The smallest absolute Gasteiger partial charge is 0.0784 e. The molecular weight excluding hydrogens is 124 g/mol. The van der Waals surface area contributed by atoms with Gasteiger partial charge in [0.2, 0.25) is 0 Å². The molecule has 10 heavy (non-hydrogen) atoms. The second-order valence-electron chi connectivity index (χ2n) is 2.65. The van der Waals surface area contributed by atoms with Crippen molar-refractivity contribution < 1.29 is 0 Å². The van der Waals surface area contributed by atoms with Crippen molar-refractivity contribution in [3.05, 3.63) is 23.3 Å². The first-order valence-corrected chi connectivity index (χ1v) is 3.60. The maximum Gasteiger partial charge on any atom is 0.0784 e. The van der Waals surface area contributed by atoms with Gasteiger partial charge in [0.15, 0.2) is 0 Å². The van der Waals surface area contributed by atoms with Gasteiger partial charge in [0.25, 0.3) is 0 Å². The van der Waals surface area contributed by atoms with Crippen molar-refractivity contribution in [1.82, 2.24) is 0 Å². The summed E-state index contributed by atoms with van der Waals surface area (Å²) in [5.41, 5.74) is 13.4. The first-order valence-electron chi connectivity index (χ1n) is 3.60. The molecule has 0 aromatic heterocycles. The van der Waals surface area contributed by atoms with Crippen molar-refractivity contribution in [2.75, 3.05) is 0 Å². The lowest BCUT2D eigenvalue weighted by molar-refractivity contribution is 0.800. The third-order valence-electron chi connectivity index (χ3n) is 1.80. The molecule has 0 aromatic carbocycles. The molecule has 56 valence electrons. The summed E-state index contributed by atoms with van der Waals surface area (Å²) in [6.07, 6.45) is 6.22. The van der Waals surface area contributed by atoms with Gasteiger partial charge in [-0.25, -0.2) is 0 Å². The fraction of sp³-hybridized carbons (Fsp3) is 0.500. The van der Waals surface area contributed by atoms with E-state index in [2.05, 4.69) is 19.1 Å². The molecule has 0 saturated heterocycles. The first kappa shape index (κ1) is 7.51. The summed E-state index contributed by atoms with van der Waals surface area (Å²) < 4.78 is 0. The molecule has 0 atom stereocenters. The molecule has 2 heteroatoms. The Morgan fingerprint density at radius 2 is 1.90 bits per heavy atom. The summed E-state index contributed by atoms with van der Waals surface area (Å²) in [5, 5.41) is 0. The van der Waals surface area contributed by atoms with Crippen LogP contribution in [0.15, 0.2) is 23.3 Å². The van der Waals surface area contributed by atoms with Gasteiger partial charge < -0.3 is 11.5 Å². The van der Waals surface area contributed by atoms with Gasteiger partial charge in [-0.3, -0.25) is 0 Å². The summed E-state index contributed by atoms with van der Waals surface area (Å²) >= 11 is 0. The molecule has 0 amide bonds. The maximum absolute atomic E-state index is 5.53. The zero-order valence-electron chi connectivity index (χ0n) is 6.30. The third-order valence-corrected chi connectivity index (χ3v) is 1.80. The second kappa shape index (κ2) is 2.99. The molecule has 0 aromatic rings. The van der Waals surface area contributed by atoms with Crippen LogP contribution in [0.2, 0.25) is 0 Å². The maximum atomic E-state index is 5.53. The Morgan fingerprint density at radius 3 is 2.30 bits per heavy atom. The van der Waals surface area contributed by atoms with Crippen LogP contribution in [-0.4, -0.2) is 6.17 Å². The van der Waals surface area contributed by atoms with E-state index < -0.39 is 0 Å². The van der Waals surface area contributed by atoms with E-state index in [-0.39, 0.29) is 6.17 Å². The van der Waals surface area contributed by atoms with E-state index in [1.165, 1.54) is 5.57 Å². The second-order valence-corrected chi connectivity index (χ2v) is 2.65. The average molecular weight is 138 g/mol. The number of hydrogen-bond acceptors (Lipinski definition) is 2. The Kier molecular flexibility index (Phi) is 2.25. The minimum Gasteiger partial charge on any atom is -0.312 e. The van der Waals surface area contributed by atoms with Crippen molar-refractivity contribution >= 4 is 0 Å². The quantitative estimate of drug-likeness (QED) is 0.529. The molecule has 1 aliphatic rings. The van der Waals surface area contributed by atoms with Crippen LogP contribution in [0.5, 0.6) is 0 Å². The normalized spacial score (nSPS) is 18.8. The molecule has 0 spiro atoms. The van der Waals surface area contributed by atoms with E-state index in [1.54, 1.807) is 0 Å². The molecule has 4 N–H and O–H groups in total. The van der Waals surface area contributed by atoms with E-state index in [0.717, 1.165) is 18.4 Å². The van der Waals surface area contributed by atoms with E-state index in [0.29, 0.717) is 0 Å². The third kappa shape index (κ3) is 1.46. The Labute approximate surface area is 61.6 Å². The number of nitrogens with two attached hydrogens (primary N) is 2. The van der Waals surface area contributed by atoms with Crippen LogP contribution < -0.4 is 11.5 Å². The van der Waals surface area contributed by atoms with Gasteiger partial charge >= 0.3 is 0 Å². The van der Waals surface area contributed by atoms with Crippen molar-refractivity contribution in [2.45, 2.75) is 25.9 Å². The molecule has 0 bridgehead atoms. The molecule has 1 aliphatic carbocycles. The lowest BCUT2D eigenvalue weighted by atomic mass is 9.97. The van der Waals surface area contributed by atoms with Gasteiger partial charge in [0.05, 0.1) is 6.17 Å². The fourth-order valence-electron chi connectivity index (χ4n) is 1.22. The predicted octanol–water partition coefficient (Wildman–Crippen LogP) is 0.896. The van der Waals surface area contributed by atoms with Crippen LogP contribution in [0.4, 0.5) is 0 Å². The monoisotopic (exact) mass is 138 g/mol. The molecule has 0 radical (unpaired) electrons. The summed E-state index contributed by atoms with van der Waals surface area (Å²) in [6.45, 7) is 2.05. The zero-order valence-corrected chi connectivity index (χ0v) is 6.30. The van der Waals surface area contributed by atoms with Crippen molar-refractivity contribution in [2.24, 2.45) is 11.5 Å². The Morgan fingerprint density at radius 1 is 1.30 bits per heavy atom. The van der Waals surface area contributed by atoms with Gasteiger partial charge in [-0.2, -0.15) is 0 Å². The van der Waals surface area contributed by atoms with Crippen LogP contribution in [0.1, 0.15) is 19.8 Å². The summed E-state index contributed by atoms with van der Waals surface area (Å²) in [4.78, 5) is 0. The van der Waals surface area contributed by atoms with Gasteiger partial charge in [0.1, 0.15) is 0 Å². The summed E-state index contributed by atoms with van der Waals surface area (Å²) in [5.74, 6) is 0. The molecular formula is C8H14N2. The van der Waals surface area contributed by atoms with Crippen LogP contribution in [0.25, 0.3) is 0 Å². The van der Waals surface area contributed by atoms with E-state index >= 15 is 0 Å². The average Bonchev–Trinajstić information content (AvgIpc) is 1.88. The minimum atomic E-state index is -0.295.